The first-order valence-corrected chi connectivity index (χ1v) is 24.7. The second kappa shape index (κ2) is 11.8. The van der Waals surface area contributed by atoms with Gasteiger partial charge in [0.1, 0.15) is 0 Å². The van der Waals surface area contributed by atoms with Crippen LogP contribution in [0.15, 0.2) is 164 Å². The predicted octanol–water partition coefficient (Wildman–Crippen LogP) is 13.3. The van der Waals surface area contributed by atoms with E-state index in [1.165, 1.54) is 91.7 Å². The van der Waals surface area contributed by atoms with Gasteiger partial charge < -0.3 is 4.90 Å². The van der Waals surface area contributed by atoms with E-state index in [2.05, 4.69) is 198 Å². The summed E-state index contributed by atoms with van der Waals surface area (Å²) in [6, 6.07) is 59.9. The lowest BCUT2D eigenvalue weighted by atomic mass is 9.68. The molecule has 0 N–H and O–H groups in total. The maximum absolute atomic E-state index is 2.49. The molecule has 0 radical (unpaired) electrons. The highest BCUT2D eigenvalue weighted by Gasteiger charge is 2.54. The zero-order chi connectivity index (χ0) is 36.2. The van der Waals surface area contributed by atoms with Gasteiger partial charge in [0.25, 0.3) is 0 Å². The van der Waals surface area contributed by atoms with Gasteiger partial charge in [0.15, 0.2) is 0 Å². The Balaban J connectivity index is 1.26. The molecule has 2 aliphatic carbocycles. The molecule has 11 rings (SSSR count). The van der Waals surface area contributed by atoms with Crippen molar-refractivity contribution < 1.29 is 0 Å². The van der Waals surface area contributed by atoms with E-state index in [0.717, 1.165) is 5.69 Å². The number of fused-ring (bicyclic) bond motifs is 17. The van der Waals surface area contributed by atoms with E-state index in [9.17, 15) is 0 Å². The van der Waals surface area contributed by atoms with Gasteiger partial charge in [0.2, 0.25) is 0 Å². The molecule has 3 heteroatoms. The second-order valence-corrected chi connectivity index (χ2v) is 23.3. The number of hydrogen-bond donors (Lipinski definition) is 0. The number of halogens is 1. The molecule has 258 valence electrons. The van der Waals surface area contributed by atoms with Crippen LogP contribution in [0.1, 0.15) is 27.8 Å². The van der Waals surface area contributed by atoms with Gasteiger partial charge in [-0.2, -0.15) is 0 Å². The van der Waals surface area contributed by atoms with Crippen molar-refractivity contribution in [3.05, 3.63) is 195 Å². The monoisotopic (exact) mass is 819 g/mol. The van der Waals surface area contributed by atoms with E-state index in [4.69, 9.17) is 0 Å². The number of benzene rings is 8. The largest absolute Gasteiger partial charge is 0.310 e. The molecule has 0 unspecified atom stereocenters. The van der Waals surface area contributed by atoms with Crippen LogP contribution in [-0.2, 0) is 5.41 Å². The maximum Gasteiger partial charge on any atom is 0.0775 e. The summed E-state index contributed by atoms with van der Waals surface area (Å²) in [5, 5.41) is 6.80. The van der Waals surface area contributed by atoms with Crippen LogP contribution < -0.4 is 10.1 Å². The SMILES string of the molecule is C[Si](C)(C)c1ccc(N(c2ccccc2)c2ccc3c4c(c5c(c3c2)C=CC=I5)-c2ccc3ccccc3c2C42c3ccccc3-c3ccccc32)cc1. The first kappa shape index (κ1) is 32.1. The number of hydrogen-bond acceptors (Lipinski definition) is 1. The molecule has 1 aliphatic heterocycles. The number of nitrogens with zero attached hydrogens (tertiary/aromatic N) is 1. The van der Waals surface area contributed by atoms with E-state index in [1.54, 1.807) is 0 Å². The topological polar surface area (TPSA) is 3.24 Å². The van der Waals surface area contributed by atoms with E-state index in [1.807, 2.05) is 0 Å². The van der Waals surface area contributed by atoms with Gasteiger partial charge in [-0.1, -0.05) is 179 Å². The Morgan fingerprint density at radius 2 is 1.17 bits per heavy atom. The van der Waals surface area contributed by atoms with Crippen LogP contribution in [0, 0.1) is 3.57 Å². The van der Waals surface area contributed by atoms with Gasteiger partial charge in [-0.15, -0.1) is 0 Å². The van der Waals surface area contributed by atoms with Gasteiger partial charge in [0.05, 0.1) is 13.5 Å². The average molecular weight is 820 g/mol. The van der Waals surface area contributed by atoms with Crippen LogP contribution in [0.25, 0.3) is 49.9 Å². The van der Waals surface area contributed by atoms with Crippen molar-refractivity contribution in [1.29, 1.82) is 0 Å². The summed E-state index contributed by atoms with van der Waals surface area (Å²) in [6.07, 6.45) is 4.70. The molecule has 1 nitrogen and oxygen atoms in total. The molecule has 8 aromatic carbocycles. The number of rotatable bonds is 4. The fourth-order valence-electron chi connectivity index (χ4n) is 9.68. The Hall–Kier alpha value is -5.36. The zero-order valence-corrected chi connectivity index (χ0v) is 33.7. The Kier molecular flexibility index (Phi) is 7.02. The second-order valence-electron chi connectivity index (χ2n) is 15.8. The molecule has 0 saturated carbocycles. The fourth-order valence-corrected chi connectivity index (χ4v) is 13.3. The van der Waals surface area contributed by atoms with Gasteiger partial charge in [-0.25, -0.2) is 0 Å². The Morgan fingerprint density at radius 1 is 0.519 bits per heavy atom. The van der Waals surface area contributed by atoms with Crippen LogP contribution in [0.2, 0.25) is 19.6 Å². The predicted molar refractivity (Wildman–Crippen MR) is 243 cm³/mol. The van der Waals surface area contributed by atoms with Crippen molar-refractivity contribution in [3.8, 4) is 22.3 Å². The third-order valence-electron chi connectivity index (χ3n) is 11.9. The van der Waals surface area contributed by atoms with Crippen LogP contribution >= 0.6 is 20.7 Å². The Bertz CT molecular complexity index is 2870. The molecule has 0 bridgehead atoms. The summed E-state index contributed by atoms with van der Waals surface area (Å²) >= 11 is -0.375. The summed E-state index contributed by atoms with van der Waals surface area (Å²) in [4.78, 5) is 2.44. The standard InChI is InChI=1S/C51H38INSi/c1-54(2,3)37-27-24-35(25-28-37)53(34-15-5-4-6-16-34)36-26-30-41-44(32-36)42-20-13-31-52-50(42)47-43-29-23-33-14-7-8-17-38(33)48(43)51(49(41)47)45-21-11-9-18-39(45)40-19-10-12-22-46(40)51/h4-32H,1-3H3. The molecule has 0 saturated heterocycles. The highest BCUT2D eigenvalue weighted by Crippen LogP contribution is 2.66. The third kappa shape index (κ3) is 4.40. The fraction of sp³-hybridized carbons (Fsp3) is 0.0784. The Morgan fingerprint density at radius 3 is 1.91 bits per heavy atom. The molecule has 3 aliphatic rings. The minimum absolute atomic E-state index is 0.375. The third-order valence-corrected chi connectivity index (χ3v) is 16.5. The summed E-state index contributed by atoms with van der Waals surface area (Å²) in [5.74, 6) is 0. The molecule has 54 heavy (non-hydrogen) atoms. The van der Waals surface area contributed by atoms with Crippen molar-refractivity contribution in [3.63, 3.8) is 0 Å². The molecule has 0 amide bonds. The average Bonchev–Trinajstić information content (AvgIpc) is 3.69. The molecule has 1 spiro atoms. The molecule has 0 atom stereocenters. The summed E-state index contributed by atoms with van der Waals surface area (Å²) in [5.41, 5.74) is 15.7. The van der Waals surface area contributed by atoms with Crippen molar-refractivity contribution in [1.82, 2.24) is 0 Å². The lowest BCUT2D eigenvalue weighted by Crippen LogP contribution is -2.37. The molecular formula is C51H38INSi. The molecule has 1 heterocycles. The highest BCUT2D eigenvalue weighted by atomic mass is 127. The minimum atomic E-state index is -1.45. The van der Waals surface area contributed by atoms with E-state index in [-0.39, 0.29) is 20.7 Å². The highest BCUT2D eigenvalue weighted by molar-refractivity contribution is 14.2. The molecule has 0 fully saturated rings. The first-order chi connectivity index (χ1) is 26.4. The molecule has 0 aromatic heterocycles. The van der Waals surface area contributed by atoms with E-state index in [0.29, 0.717) is 0 Å². The summed E-state index contributed by atoms with van der Waals surface area (Å²) < 4.78 is 3.99. The van der Waals surface area contributed by atoms with Gasteiger partial charge in [0, 0.05) is 26.2 Å². The maximum atomic E-state index is 2.49. The van der Waals surface area contributed by atoms with Crippen molar-refractivity contribution >= 4 is 82.7 Å². The van der Waals surface area contributed by atoms with Crippen molar-refractivity contribution in [2.75, 3.05) is 4.90 Å². The lowest BCUT2D eigenvalue weighted by Gasteiger charge is -2.33. The smallest absolute Gasteiger partial charge is 0.0775 e. The van der Waals surface area contributed by atoms with Crippen molar-refractivity contribution in [2.24, 2.45) is 0 Å². The number of allylic oxidation sites excluding steroid dienone is 1. The van der Waals surface area contributed by atoms with Crippen LogP contribution in [0.4, 0.5) is 17.1 Å². The van der Waals surface area contributed by atoms with Crippen molar-refractivity contribution in [2.45, 2.75) is 25.1 Å². The zero-order valence-electron chi connectivity index (χ0n) is 30.6. The van der Waals surface area contributed by atoms with Gasteiger partial charge in [-0.05, 0) is 106 Å². The summed E-state index contributed by atoms with van der Waals surface area (Å²) in [7, 11) is -1.45. The molecular weight excluding hydrogens is 782 g/mol. The van der Waals surface area contributed by atoms with Crippen LogP contribution in [-0.4, -0.2) is 12.1 Å². The quantitative estimate of drug-likeness (QED) is 0.126. The Labute approximate surface area is 328 Å². The number of anilines is 3. The lowest BCUT2D eigenvalue weighted by molar-refractivity contribution is 0.809. The minimum Gasteiger partial charge on any atom is -0.310 e. The molecule has 8 aromatic rings. The van der Waals surface area contributed by atoms with E-state index < -0.39 is 13.5 Å². The first-order valence-electron chi connectivity index (χ1n) is 18.9. The normalized spacial score (nSPS) is 14.4. The van der Waals surface area contributed by atoms with E-state index >= 15 is 0 Å². The van der Waals surface area contributed by atoms with Crippen LogP contribution in [0.5, 0.6) is 0 Å². The van der Waals surface area contributed by atoms with Gasteiger partial charge >= 0.3 is 0 Å². The van der Waals surface area contributed by atoms with Crippen LogP contribution in [0.3, 0.4) is 0 Å². The summed E-state index contributed by atoms with van der Waals surface area (Å²) in [6.45, 7) is 7.26. The van der Waals surface area contributed by atoms with Gasteiger partial charge in [-0.3, -0.25) is 0 Å². The number of para-hydroxylation sites is 1.